The monoisotopic (exact) mass is 287 g/mol. The molecule has 0 unspecified atom stereocenters. The van der Waals surface area contributed by atoms with Gasteiger partial charge in [0.15, 0.2) is 5.82 Å². The van der Waals surface area contributed by atoms with E-state index in [2.05, 4.69) is 10.1 Å². The largest absolute Gasteiger partial charge is 0.480 e. The van der Waals surface area contributed by atoms with Gasteiger partial charge in [0.05, 0.1) is 5.75 Å². The number of carbonyl (C=O) groups is 1. The third-order valence-electron chi connectivity index (χ3n) is 2.70. The minimum atomic E-state index is -1.01. The van der Waals surface area contributed by atoms with E-state index in [4.69, 9.17) is 15.4 Å². The summed E-state index contributed by atoms with van der Waals surface area (Å²) in [5, 5.41) is 12.8. The molecule has 0 spiro atoms. The van der Waals surface area contributed by atoms with Crippen molar-refractivity contribution in [2.75, 3.05) is 0 Å². The van der Waals surface area contributed by atoms with Gasteiger partial charge < -0.3 is 15.4 Å². The number of hydrogen-bond acceptors (Lipinski definition) is 6. The van der Waals surface area contributed by atoms with Gasteiger partial charge in [0.1, 0.15) is 6.04 Å². The van der Waals surface area contributed by atoms with Gasteiger partial charge in [-0.3, -0.25) is 4.79 Å². The van der Waals surface area contributed by atoms with E-state index in [1.807, 2.05) is 20.8 Å². The lowest BCUT2D eigenvalue weighted by molar-refractivity contribution is -0.139. The molecule has 0 saturated heterocycles. The SMILES string of the molecule is CC(C)(C)c1nc(CSC(C)(C)[C@@H](N)C(=O)O)no1. The lowest BCUT2D eigenvalue weighted by atomic mass is 9.97. The number of nitrogens with two attached hydrogens (primary N) is 1. The van der Waals surface area contributed by atoms with Gasteiger partial charge in [-0.1, -0.05) is 25.9 Å². The van der Waals surface area contributed by atoms with Crippen LogP contribution in [0.25, 0.3) is 0 Å². The fourth-order valence-electron chi connectivity index (χ4n) is 1.25. The van der Waals surface area contributed by atoms with Crippen molar-refractivity contribution in [1.29, 1.82) is 0 Å². The first-order valence-corrected chi connectivity index (χ1v) is 6.98. The smallest absolute Gasteiger partial charge is 0.321 e. The van der Waals surface area contributed by atoms with E-state index in [-0.39, 0.29) is 5.41 Å². The molecule has 0 amide bonds. The molecule has 0 aliphatic carbocycles. The standard InChI is InChI=1S/C12H21N3O3S/c1-11(2,3)10-14-7(15-18-10)6-19-12(4,5)8(13)9(16)17/h8H,6,13H2,1-5H3,(H,16,17)/t8-/m0/s1. The fourth-order valence-corrected chi connectivity index (χ4v) is 2.15. The Hall–Kier alpha value is -1.08. The number of carboxylic acid groups (broad SMARTS) is 1. The highest BCUT2D eigenvalue weighted by atomic mass is 32.2. The summed E-state index contributed by atoms with van der Waals surface area (Å²) in [6.07, 6.45) is 0. The van der Waals surface area contributed by atoms with Crippen LogP contribution in [0.5, 0.6) is 0 Å². The van der Waals surface area contributed by atoms with Gasteiger partial charge in [-0.25, -0.2) is 0 Å². The van der Waals surface area contributed by atoms with Crippen molar-refractivity contribution in [3.05, 3.63) is 11.7 Å². The molecule has 1 aromatic rings. The molecule has 0 saturated carbocycles. The summed E-state index contributed by atoms with van der Waals surface area (Å²) in [7, 11) is 0. The normalized spacial score (nSPS) is 14.4. The molecule has 0 aliphatic rings. The summed E-state index contributed by atoms with van der Waals surface area (Å²) < 4.78 is 4.58. The molecule has 108 valence electrons. The number of aliphatic carboxylic acids is 1. The van der Waals surface area contributed by atoms with Crippen LogP contribution in [0.15, 0.2) is 4.52 Å². The molecule has 19 heavy (non-hydrogen) atoms. The number of aromatic nitrogens is 2. The Bertz CT molecular complexity index is 451. The van der Waals surface area contributed by atoms with Crippen molar-refractivity contribution in [3.8, 4) is 0 Å². The quantitative estimate of drug-likeness (QED) is 0.851. The average molecular weight is 287 g/mol. The molecular weight excluding hydrogens is 266 g/mol. The van der Waals surface area contributed by atoms with Crippen LogP contribution in [-0.2, 0) is 16.0 Å². The average Bonchev–Trinajstić information content (AvgIpc) is 2.73. The van der Waals surface area contributed by atoms with E-state index in [1.54, 1.807) is 13.8 Å². The minimum Gasteiger partial charge on any atom is -0.480 e. The molecule has 3 N–H and O–H groups in total. The van der Waals surface area contributed by atoms with Crippen molar-refractivity contribution in [2.24, 2.45) is 5.73 Å². The second kappa shape index (κ2) is 5.50. The summed E-state index contributed by atoms with van der Waals surface area (Å²) in [5.74, 6) is 0.582. The second-order valence-electron chi connectivity index (χ2n) is 5.97. The van der Waals surface area contributed by atoms with Gasteiger partial charge in [0.25, 0.3) is 0 Å². The van der Waals surface area contributed by atoms with Gasteiger partial charge >= 0.3 is 5.97 Å². The van der Waals surface area contributed by atoms with Crippen molar-refractivity contribution in [1.82, 2.24) is 10.1 Å². The highest BCUT2D eigenvalue weighted by molar-refractivity contribution is 7.99. The molecule has 0 fully saturated rings. The van der Waals surface area contributed by atoms with E-state index in [1.165, 1.54) is 11.8 Å². The summed E-state index contributed by atoms with van der Waals surface area (Å²) in [6.45, 7) is 9.55. The summed E-state index contributed by atoms with van der Waals surface area (Å²) in [5.41, 5.74) is 5.46. The van der Waals surface area contributed by atoms with Gasteiger partial charge in [-0.2, -0.15) is 4.98 Å². The zero-order valence-corrected chi connectivity index (χ0v) is 12.7. The maximum atomic E-state index is 10.9. The van der Waals surface area contributed by atoms with E-state index >= 15 is 0 Å². The Morgan fingerprint density at radius 2 is 2.00 bits per heavy atom. The van der Waals surface area contributed by atoms with E-state index < -0.39 is 16.8 Å². The number of hydrogen-bond donors (Lipinski definition) is 2. The first-order chi connectivity index (χ1) is 8.54. The Labute approximate surface area is 117 Å². The zero-order valence-electron chi connectivity index (χ0n) is 11.9. The molecular formula is C12H21N3O3S. The van der Waals surface area contributed by atoms with E-state index in [0.717, 1.165) is 0 Å². The molecule has 1 rings (SSSR count). The highest BCUT2D eigenvalue weighted by Gasteiger charge is 2.33. The van der Waals surface area contributed by atoms with Crippen LogP contribution in [0.4, 0.5) is 0 Å². The van der Waals surface area contributed by atoms with Crippen molar-refractivity contribution >= 4 is 17.7 Å². The van der Waals surface area contributed by atoms with Crippen LogP contribution in [-0.4, -0.2) is 32.0 Å². The summed E-state index contributed by atoms with van der Waals surface area (Å²) in [6, 6.07) is -0.938. The molecule has 0 aliphatic heterocycles. The van der Waals surface area contributed by atoms with Crippen LogP contribution in [0.2, 0.25) is 0 Å². The van der Waals surface area contributed by atoms with Gasteiger partial charge in [-0.15, -0.1) is 11.8 Å². The van der Waals surface area contributed by atoms with Crippen LogP contribution in [0.3, 0.4) is 0 Å². The Balaban J connectivity index is 2.67. The number of thioether (sulfide) groups is 1. The maximum Gasteiger partial charge on any atom is 0.321 e. The topological polar surface area (TPSA) is 102 Å². The van der Waals surface area contributed by atoms with Crippen LogP contribution in [0.1, 0.15) is 46.3 Å². The minimum absolute atomic E-state index is 0.192. The van der Waals surface area contributed by atoms with Gasteiger partial charge in [0.2, 0.25) is 5.89 Å². The predicted molar refractivity (Wildman–Crippen MR) is 74.0 cm³/mol. The zero-order chi connectivity index (χ0) is 14.8. The summed E-state index contributed by atoms with van der Waals surface area (Å²) >= 11 is 1.40. The van der Waals surface area contributed by atoms with Crippen LogP contribution < -0.4 is 5.73 Å². The van der Waals surface area contributed by atoms with Crippen molar-refractivity contribution in [3.63, 3.8) is 0 Å². The number of nitrogens with zero attached hydrogens (tertiary/aromatic N) is 2. The van der Waals surface area contributed by atoms with Gasteiger partial charge in [0, 0.05) is 10.2 Å². The molecule has 7 heteroatoms. The molecule has 1 heterocycles. The number of carboxylic acids is 1. The summed E-state index contributed by atoms with van der Waals surface area (Å²) in [4.78, 5) is 15.2. The van der Waals surface area contributed by atoms with Crippen molar-refractivity contribution in [2.45, 2.75) is 56.6 Å². The lowest BCUT2D eigenvalue weighted by Crippen LogP contribution is -2.46. The Morgan fingerprint density at radius 1 is 1.42 bits per heavy atom. The highest BCUT2D eigenvalue weighted by Crippen LogP contribution is 2.30. The van der Waals surface area contributed by atoms with Crippen LogP contribution >= 0.6 is 11.8 Å². The lowest BCUT2D eigenvalue weighted by Gasteiger charge is -2.27. The molecule has 1 atom stereocenters. The van der Waals surface area contributed by atoms with Crippen molar-refractivity contribution < 1.29 is 14.4 Å². The Morgan fingerprint density at radius 3 is 2.42 bits per heavy atom. The fraction of sp³-hybridized carbons (Fsp3) is 0.750. The van der Waals surface area contributed by atoms with Gasteiger partial charge in [-0.05, 0) is 13.8 Å². The molecule has 1 aromatic heterocycles. The second-order valence-corrected chi connectivity index (χ2v) is 7.60. The van der Waals surface area contributed by atoms with E-state index in [0.29, 0.717) is 17.5 Å². The van der Waals surface area contributed by atoms with E-state index in [9.17, 15) is 4.79 Å². The number of rotatable bonds is 5. The molecule has 0 aromatic carbocycles. The predicted octanol–water partition coefficient (Wildman–Crippen LogP) is 1.79. The maximum absolute atomic E-state index is 10.9. The van der Waals surface area contributed by atoms with Crippen LogP contribution in [0, 0.1) is 0 Å². The Kier molecular flexibility index (Phi) is 4.63. The third kappa shape index (κ3) is 4.21. The molecule has 0 radical (unpaired) electrons. The molecule has 0 bridgehead atoms. The first-order valence-electron chi connectivity index (χ1n) is 5.99. The molecule has 6 nitrogen and oxygen atoms in total. The first kappa shape index (κ1) is 16.0. The third-order valence-corrected chi connectivity index (χ3v) is 4.10.